The minimum atomic E-state index is 0.241. The van der Waals surface area contributed by atoms with Crippen LogP contribution in [0.4, 0.5) is 0 Å². The van der Waals surface area contributed by atoms with Gasteiger partial charge in [0.1, 0.15) is 5.75 Å². The fourth-order valence-electron chi connectivity index (χ4n) is 3.37. The monoisotopic (exact) mass is 301 g/mol. The van der Waals surface area contributed by atoms with Crippen molar-refractivity contribution in [3.63, 3.8) is 0 Å². The van der Waals surface area contributed by atoms with Crippen molar-refractivity contribution in [3.8, 4) is 5.75 Å². The van der Waals surface area contributed by atoms with Gasteiger partial charge in [-0.25, -0.2) is 0 Å². The van der Waals surface area contributed by atoms with Crippen LogP contribution in [0.25, 0.3) is 0 Å². The third kappa shape index (κ3) is 3.47. The molecule has 2 unspecified atom stereocenters. The van der Waals surface area contributed by atoms with Gasteiger partial charge in [-0.1, -0.05) is 31.0 Å². The maximum atomic E-state index is 9.67. The van der Waals surface area contributed by atoms with E-state index in [-0.39, 0.29) is 6.04 Å². The maximum absolute atomic E-state index is 9.67. The highest BCUT2D eigenvalue weighted by Crippen LogP contribution is 2.38. The molecule has 1 aromatic carbocycles. The number of thiophene rings is 1. The lowest BCUT2D eigenvalue weighted by molar-refractivity contribution is 0.342. The molecule has 0 amide bonds. The van der Waals surface area contributed by atoms with Crippen LogP contribution < -0.4 is 5.32 Å². The van der Waals surface area contributed by atoms with E-state index in [2.05, 4.69) is 35.8 Å². The number of nitrogens with one attached hydrogen (secondary N) is 1. The minimum Gasteiger partial charge on any atom is -0.508 e. The highest BCUT2D eigenvalue weighted by molar-refractivity contribution is 7.10. The number of aromatic hydroxyl groups is 1. The highest BCUT2D eigenvalue weighted by atomic mass is 32.1. The van der Waals surface area contributed by atoms with E-state index in [1.54, 1.807) is 6.07 Å². The molecule has 0 bridgehead atoms. The summed E-state index contributed by atoms with van der Waals surface area (Å²) in [7, 11) is 0. The lowest BCUT2D eigenvalue weighted by Gasteiger charge is -2.28. The molecule has 1 heterocycles. The topological polar surface area (TPSA) is 32.3 Å². The molecule has 2 atom stereocenters. The van der Waals surface area contributed by atoms with Crippen LogP contribution in [0.2, 0.25) is 0 Å². The van der Waals surface area contributed by atoms with Crippen molar-refractivity contribution >= 4 is 11.3 Å². The summed E-state index contributed by atoms with van der Waals surface area (Å²) in [5.74, 6) is 1.08. The summed E-state index contributed by atoms with van der Waals surface area (Å²) in [5.41, 5.74) is 1.15. The molecular weight excluding hydrogens is 278 g/mol. The van der Waals surface area contributed by atoms with E-state index in [4.69, 9.17) is 0 Å². The molecule has 2 nitrogen and oxygen atoms in total. The lowest BCUT2D eigenvalue weighted by Crippen LogP contribution is -2.29. The molecule has 0 radical (unpaired) electrons. The Bertz CT molecular complexity index is 560. The van der Waals surface area contributed by atoms with Gasteiger partial charge in [0.25, 0.3) is 0 Å². The normalized spacial score (nSPS) is 18.7. The van der Waals surface area contributed by atoms with Crippen LogP contribution >= 0.6 is 11.3 Å². The fourth-order valence-corrected chi connectivity index (χ4v) is 4.25. The molecule has 1 aliphatic carbocycles. The molecule has 21 heavy (non-hydrogen) atoms. The molecule has 3 heteroatoms. The summed E-state index contributed by atoms with van der Waals surface area (Å²) in [5, 5.41) is 15.6. The van der Waals surface area contributed by atoms with Crippen LogP contribution in [0.15, 0.2) is 41.8 Å². The number of hydrogen-bond donors (Lipinski definition) is 2. The predicted molar refractivity (Wildman–Crippen MR) is 88.7 cm³/mol. The van der Waals surface area contributed by atoms with Gasteiger partial charge in [-0.2, -0.15) is 0 Å². The standard InChI is InChI=1S/C18H23NOS/c1-13(15-8-4-9-16(20)12-15)19-18(14-6-2-3-7-14)17-10-5-11-21-17/h4-5,8-14,18-20H,2-3,6-7H2,1H3. The van der Waals surface area contributed by atoms with E-state index in [0.29, 0.717) is 11.8 Å². The van der Waals surface area contributed by atoms with Gasteiger partial charge in [0, 0.05) is 17.0 Å². The van der Waals surface area contributed by atoms with Gasteiger partial charge < -0.3 is 10.4 Å². The Hall–Kier alpha value is -1.32. The van der Waals surface area contributed by atoms with Crippen LogP contribution in [0.1, 0.15) is 55.1 Å². The molecule has 1 fully saturated rings. The van der Waals surface area contributed by atoms with Gasteiger partial charge in [0.05, 0.1) is 0 Å². The summed E-state index contributed by atoms with van der Waals surface area (Å²) >= 11 is 1.85. The number of benzene rings is 1. The summed E-state index contributed by atoms with van der Waals surface area (Å²) < 4.78 is 0. The fraction of sp³-hybridized carbons (Fsp3) is 0.444. The first kappa shape index (κ1) is 14.6. The second-order valence-corrected chi connectivity index (χ2v) is 7.00. The van der Waals surface area contributed by atoms with Crippen molar-refractivity contribution in [1.29, 1.82) is 0 Å². The minimum absolute atomic E-state index is 0.241. The number of phenols is 1. The molecule has 1 saturated carbocycles. The van der Waals surface area contributed by atoms with E-state index in [1.165, 1.54) is 30.6 Å². The summed E-state index contributed by atoms with van der Waals surface area (Å²) in [6.07, 6.45) is 5.36. The smallest absolute Gasteiger partial charge is 0.115 e. The first-order valence-electron chi connectivity index (χ1n) is 7.82. The summed E-state index contributed by atoms with van der Waals surface area (Å²) in [4.78, 5) is 1.44. The summed E-state index contributed by atoms with van der Waals surface area (Å²) in [6.45, 7) is 2.18. The van der Waals surface area contributed by atoms with Gasteiger partial charge >= 0.3 is 0 Å². The molecule has 1 aliphatic rings. The van der Waals surface area contributed by atoms with Crippen LogP contribution in [0.3, 0.4) is 0 Å². The SMILES string of the molecule is CC(NC(c1cccs1)C1CCCC1)c1cccc(O)c1. The predicted octanol–water partition coefficient (Wildman–Crippen LogP) is 5.04. The van der Waals surface area contributed by atoms with Gasteiger partial charge in [0.2, 0.25) is 0 Å². The molecule has 3 rings (SSSR count). The van der Waals surface area contributed by atoms with E-state index in [9.17, 15) is 5.11 Å². The Kier molecular flexibility index (Phi) is 4.61. The number of phenolic OH excluding ortho intramolecular Hbond substituents is 1. The van der Waals surface area contributed by atoms with Crippen LogP contribution in [0.5, 0.6) is 5.75 Å². The van der Waals surface area contributed by atoms with Crippen LogP contribution in [0, 0.1) is 5.92 Å². The van der Waals surface area contributed by atoms with Gasteiger partial charge in [-0.05, 0) is 54.8 Å². The molecule has 2 aromatic rings. The molecule has 2 N–H and O–H groups in total. The zero-order chi connectivity index (χ0) is 14.7. The van der Waals surface area contributed by atoms with Gasteiger partial charge in [-0.15, -0.1) is 11.3 Å². The quantitative estimate of drug-likeness (QED) is 0.811. The second-order valence-electron chi connectivity index (χ2n) is 6.02. The van der Waals surface area contributed by atoms with E-state index >= 15 is 0 Å². The van der Waals surface area contributed by atoms with Crippen molar-refractivity contribution in [2.45, 2.75) is 44.7 Å². The Morgan fingerprint density at radius 3 is 2.67 bits per heavy atom. The average Bonchev–Trinajstić information content (AvgIpc) is 3.18. The lowest BCUT2D eigenvalue weighted by atomic mass is 9.95. The molecule has 112 valence electrons. The Labute approximate surface area is 130 Å². The molecular formula is C18H23NOS. The van der Waals surface area contributed by atoms with E-state index in [0.717, 1.165) is 11.5 Å². The molecule has 0 spiro atoms. The Balaban J connectivity index is 1.77. The molecule has 0 aliphatic heterocycles. The number of rotatable bonds is 5. The zero-order valence-corrected chi connectivity index (χ0v) is 13.3. The van der Waals surface area contributed by atoms with Crippen molar-refractivity contribution in [2.24, 2.45) is 5.92 Å². The van der Waals surface area contributed by atoms with Crippen LogP contribution in [-0.2, 0) is 0 Å². The van der Waals surface area contributed by atoms with Gasteiger partial charge in [0.15, 0.2) is 0 Å². The highest BCUT2D eigenvalue weighted by Gasteiger charge is 2.28. The molecule has 0 saturated heterocycles. The van der Waals surface area contributed by atoms with E-state index in [1.807, 2.05) is 23.5 Å². The second kappa shape index (κ2) is 6.63. The Morgan fingerprint density at radius 1 is 1.19 bits per heavy atom. The number of hydrogen-bond acceptors (Lipinski definition) is 3. The first-order chi connectivity index (χ1) is 10.2. The zero-order valence-electron chi connectivity index (χ0n) is 12.5. The maximum Gasteiger partial charge on any atom is 0.115 e. The third-order valence-electron chi connectivity index (χ3n) is 4.52. The molecule has 1 aromatic heterocycles. The third-order valence-corrected chi connectivity index (χ3v) is 5.48. The largest absolute Gasteiger partial charge is 0.508 e. The van der Waals surface area contributed by atoms with Crippen molar-refractivity contribution in [1.82, 2.24) is 5.32 Å². The summed E-state index contributed by atoms with van der Waals surface area (Å²) in [6, 6.07) is 12.6. The first-order valence-corrected chi connectivity index (χ1v) is 8.70. The van der Waals surface area contributed by atoms with E-state index < -0.39 is 0 Å². The van der Waals surface area contributed by atoms with Crippen molar-refractivity contribution in [3.05, 3.63) is 52.2 Å². The van der Waals surface area contributed by atoms with Crippen molar-refractivity contribution < 1.29 is 5.11 Å². The van der Waals surface area contributed by atoms with Gasteiger partial charge in [-0.3, -0.25) is 0 Å². The van der Waals surface area contributed by atoms with Crippen LogP contribution in [-0.4, -0.2) is 5.11 Å². The Morgan fingerprint density at radius 2 is 2.00 bits per heavy atom. The van der Waals surface area contributed by atoms with Crippen molar-refractivity contribution in [2.75, 3.05) is 0 Å². The average molecular weight is 301 g/mol.